The van der Waals surface area contributed by atoms with Gasteiger partial charge >= 0.3 is 241 Å². The molecule has 0 aliphatic rings. The summed E-state index contributed by atoms with van der Waals surface area (Å²) in [6.45, 7) is 0. The van der Waals surface area contributed by atoms with Crippen molar-refractivity contribution in [3.63, 3.8) is 0 Å². The van der Waals surface area contributed by atoms with Gasteiger partial charge in [0.15, 0.2) is 0 Å². The van der Waals surface area contributed by atoms with Crippen LogP contribution in [0.25, 0.3) is 0 Å². The van der Waals surface area contributed by atoms with Crippen LogP contribution in [0.4, 0.5) is 0 Å². The Labute approximate surface area is 240 Å². The second kappa shape index (κ2) is 11.9. The van der Waals surface area contributed by atoms with Crippen molar-refractivity contribution in [2.75, 3.05) is 0 Å². The molecular weight excluding hydrogens is 597 g/mol. The molecule has 0 fully saturated rings. The van der Waals surface area contributed by atoms with E-state index in [9.17, 15) is 0 Å². The minimum absolute atomic E-state index is 0.0956. The third-order valence-corrected chi connectivity index (χ3v) is 35.4. The van der Waals surface area contributed by atoms with Gasteiger partial charge in [-0.2, -0.15) is 0 Å². The second-order valence-electron chi connectivity index (χ2n) is 9.53. The molecule has 0 heterocycles. The SMILES string of the molecule is c1ccc([PH]([Rh][PH](c2ccccc2)(c2ccccc2)c2ccccc2)(c2ccccc2)c2ccccc2)cc1. The summed E-state index contributed by atoms with van der Waals surface area (Å²) < 4.78 is 0. The van der Waals surface area contributed by atoms with Crippen LogP contribution in [-0.4, -0.2) is 0 Å². The van der Waals surface area contributed by atoms with Crippen LogP contribution in [0.1, 0.15) is 0 Å². The molecule has 0 aliphatic heterocycles. The van der Waals surface area contributed by atoms with Gasteiger partial charge in [0.25, 0.3) is 0 Å². The molecule has 0 saturated carbocycles. The Hall–Kier alpha value is -3.20. The van der Waals surface area contributed by atoms with Crippen LogP contribution in [0.5, 0.6) is 0 Å². The summed E-state index contributed by atoms with van der Waals surface area (Å²) in [5.41, 5.74) is -4.95. The summed E-state index contributed by atoms with van der Waals surface area (Å²) in [5.74, 6) is 0. The van der Waals surface area contributed by atoms with Gasteiger partial charge in [0.2, 0.25) is 0 Å². The van der Waals surface area contributed by atoms with Gasteiger partial charge in [-0.15, -0.1) is 0 Å². The first kappa shape index (κ1) is 26.0. The molecule has 3 heteroatoms. The van der Waals surface area contributed by atoms with E-state index in [1.807, 2.05) is 0 Å². The molecule has 0 aromatic heterocycles. The van der Waals surface area contributed by atoms with Crippen LogP contribution >= 0.6 is 11.2 Å². The van der Waals surface area contributed by atoms with E-state index in [1.165, 1.54) is 31.8 Å². The Morgan fingerprint density at radius 2 is 0.385 bits per heavy atom. The summed E-state index contributed by atoms with van der Waals surface area (Å²) in [6, 6.07) is 68.5. The predicted octanol–water partition coefficient (Wildman–Crippen LogP) is 6.35. The molecule has 0 amide bonds. The molecule has 39 heavy (non-hydrogen) atoms. The first-order valence-electron chi connectivity index (χ1n) is 13.3. The van der Waals surface area contributed by atoms with Gasteiger partial charge in [0.05, 0.1) is 0 Å². The molecule has 6 rings (SSSR count). The summed E-state index contributed by atoms with van der Waals surface area (Å²) >= 11 is 0.0956. The Bertz CT molecular complexity index is 1270. The number of hydrogen-bond donors (Lipinski definition) is 0. The van der Waals surface area contributed by atoms with Crippen molar-refractivity contribution in [1.29, 1.82) is 0 Å². The van der Waals surface area contributed by atoms with Crippen LogP contribution in [0.3, 0.4) is 0 Å². The summed E-state index contributed by atoms with van der Waals surface area (Å²) in [4.78, 5) is 0. The first-order valence-corrected chi connectivity index (χ1v) is 21.9. The van der Waals surface area contributed by atoms with Crippen molar-refractivity contribution in [2.24, 2.45) is 0 Å². The van der Waals surface area contributed by atoms with E-state index in [2.05, 4.69) is 182 Å². The molecule has 0 saturated heterocycles. The minimum atomic E-state index is -2.48. The van der Waals surface area contributed by atoms with Crippen molar-refractivity contribution in [3.8, 4) is 0 Å². The fourth-order valence-electron chi connectivity index (χ4n) is 5.44. The van der Waals surface area contributed by atoms with E-state index in [-0.39, 0.29) is 16.2 Å². The third-order valence-electron chi connectivity index (χ3n) is 7.20. The number of hydrogen-bond acceptors (Lipinski definition) is 0. The number of rotatable bonds is 8. The maximum atomic E-state index is 2.40. The van der Waals surface area contributed by atoms with Gasteiger partial charge in [0, 0.05) is 0 Å². The molecule has 0 bridgehead atoms. The quantitative estimate of drug-likeness (QED) is 0.136. The maximum absolute atomic E-state index is 2.48. The van der Waals surface area contributed by atoms with Crippen molar-refractivity contribution in [2.45, 2.75) is 0 Å². The van der Waals surface area contributed by atoms with Crippen LogP contribution in [0.15, 0.2) is 182 Å². The second-order valence-corrected chi connectivity index (χ2v) is 27.2. The summed E-state index contributed by atoms with van der Waals surface area (Å²) in [7, 11) is 0. The first-order chi connectivity index (χ1) is 19.3. The molecule has 0 spiro atoms. The molecular formula is C36H32P2Rh. The average Bonchev–Trinajstić information content (AvgIpc) is 3.04. The average molecular weight is 630 g/mol. The van der Waals surface area contributed by atoms with Crippen molar-refractivity contribution in [1.82, 2.24) is 0 Å². The molecule has 0 N–H and O–H groups in total. The Balaban J connectivity index is 1.76. The molecule has 6 aromatic rings. The molecule has 195 valence electrons. The van der Waals surface area contributed by atoms with E-state index in [0.29, 0.717) is 0 Å². The van der Waals surface area contributed by atoms with Gasteiger partial charge in [-0.25, -0.2) is 0 Å². The van der Waals surface area contributed by atoms with Crippen LogP contribution in [0.2, 0.25) is 0 Å². The monoisotopic (exact) mass is 629 g/mol. The van der Waals surface area contributed by atoms with E-state index in [1.54, 1.807) is 0 Å². The van der Waals surface area contributed by atoms with Gasteiger partial charge in [-0.05, 0) is 0 Å². The van der Waals surface area contributed by atoms with E-state index >= 15 is 0 Å². The molecule has 6 aromatic carbocycles. The Morgan fingerprint density at radius 3 is 0.538 bits per heavy atom. The van der Waals surface area contributed by atoms with Crippen LogP contribution in [-0.2, 0) is 16.2 Å². The predicted molar refractivity (Wildman–Crippen MR) is 173 cm³/mol. The Kier molecular flexibility index (Phi) is 7.95. The van der Waals surface area contributed by atoms with Gasteiger partial charge < -0.3 is 0 Å². The van der Waals surface area contributed by atoms with Gasteiger partial charge in [0.1, 0.15) is 0 Å². The van der Waals surface area contributed by atoms with E-state index < -0.39 is 11.2 Å². The van der Waals surface area contributed by atoms with Gasteiger partial charge in [-0.3, -0.25) is 0 Å². The summed E-state index contributed by atoms with van der Waals surface area (Å²) in [6.07, 6.45) is 0. The molecule has 0 nitrogen and oxygen atoms in total. The fraction of sp³-hybridized carbons (Fsp3) is 0. The Morgan fingerprint density at radius 1 is 0.231 bits per heavy atom. The van der Waals surface area contributed by atoms with Crippen molar-refractivity contribution in [3.05, 3.63) is 182 Å². The van der Waals surface area contributed by atoms with Crippen molar-refractivity contribution < 1.29 is 16.2 Å². The topological polar surface area (TPSA) is 0 Å². The van der Waals surface area contributed by atoms with Crippen LogP contribution in [0, 0.1) is 0 Å². The van der Waals surface area contributed by atoms with E-state index in [4.69, 9.17) is 0 Å². The van der Waals surface area contributed by atoms with E-state index in [0.717, 1.165) is 0 Å². The zero-order valence-corrected chi connectivity index (χ0v) is 25.3. The molecule has 0 aliphatic carbocycles. The zero-order chi connectivity index (χ0) is 26.4. The molecule has 0 unspecified atom stereocenters. The standard InChI is InChI=1S/2C18H15P.Rh/c2*1-4-10-16(11-5-1)19(17-12-6-2-7-13-17)18-14-8-3-9-15-18;/h2*1-15H;/q;;-2/p+2. The normalized spacial score (nSPS) is 12.6. The zero-order valence-electron chi connectivity index (χ0n) is 21.7. The van der Waals surface area contributed by atoms with Crippen molar-refractivity contribution >= 4 is 43.0 Å². The molecule has 0 radical (unpaired) electrons. The van der Waals surface area contributed by atoms with Crippen LogP contribution < -0.4 is 31.8 Å². The fourth-order valence-corrected chi connectivity index (χ4v) is 41.1. The van der Waals surface area contributed by atoms with Gasteiger partial charge in [-0.1, -0.05) is 0 Å². The number of benzene rings is 6. The third kappa shape index (κ3) is 4.97. The summed E-state index contributed by atoms with van der Waals surface area (Å²) in [5, 5.41) is 8.95. The molecule has 0 atom stereocenters.